The van der Waals surface area contributed by atoms with E-state index in [9.17, 15) is 22.8 Å². The number of rotatable bonds is 8. The molecule has 0 saturated heterocycles. The minimum atomic E-state index is -4.97. The van der Waals surface area contributed by atoms with E-state index < -0.39 is 28.9 Å². The standard InChI is InChI=1S/C27H20ClF3O6/c1-34-20-9-4-2-7-17(20)24-25(33)18-13-12-16(15-22(18)37-26(24)27(29,30)31)36-23(32)11-6-14-35-21-10-5-3-8-19(21)28/h2-5,7-10,12-13,15H,6,11,14H2,1H3. The molecular weight excluding hydrogens is 513 g/mol. The molecule has 1 heterocycles. The van der Waals surface area contributed by atoms with Gasteiger partial charge < -0.3 is 18.6 Å². The molecule has 0 saturated carbocycles. The van der Waals surface area contributed by atoms with Gasteiger partial charge in [0.25, 0.3) is 0 Å². The van der Waals surface area contributed by atoms with Crippen LogP contribution in [0.2, 0.25) is 5.02 Å². The van der Waals surface area contributed by atoms with Crippen molar-refractivity contribution in [3.63, 3.8) is 0 Å². The van der Waals surface area contributed by atoms with E-state index in [0.29, 0.717) is 17.2 Å². The van der Waals surface area contributed by atoms with Gasteiger partial charge in [0.05, 0.1) is 29.7 Å². The molecule has 3 aromatic carbocycles. The lowest BCUT2D eigenvalue weighted by Gasteiger charge is -2.15. The molecule has 10 heteroatoms. The molecular formula is C27H20ClF3O6. The van der Waals surface area contributed by atoms with Crippen LogP contribution in [0.15, 0.2) is 75.9 Å². The zero-order valence-corrected chi connectivity index (χ0v) is 20.2. The third kappa shape index (κ3) is 5.89. The highest BCUT2D eigenvalue weighted by Crippen LogP contribution is 2.40. The number of benzene rings is 3. The van der Waals surface area contributed by atoms with Crippen LogP contribution in [0.3, 0.4) is 0 Å². The molecule has 0 aliphatic carbocycles. The maximum absolute atomic E-state index is 13.9. The summed E-state index contributed by atoms with van der Waals surface area (Å²) in [7, 11) is 1.29. The Bertz CT molecular complexity index is 1500. The van der Waals surface area contributed by atoms with Crippen LogP contribution in [0.1, 0.15) is 18.6 Å². The predicted octanol–water partition coefficient (Wildman–Crippen LogP) is 6.91. The number of carbonyl (C=O) groups is 1. The van der Waals surface area contributed by atoms with E-state index in [1.54, 1.807) is 30.3 Å². The molecule has 4 rings (SSSR count). The largest absolute Gasteiger partial charge is 0.496 e. The van der Waals surface area contributed by atoms with Crippen molar-refractivity contribution in [2.24, 2.45) is 0 Å². The van der Waals surface area contributed by atoms with Gasteiger partial charge in [0.15, 0.2) is 0 Å². The molecule has 4 aromatic rings. The van der Waals surface area contributed by atoms with E-state index >= 15 is 0 Å². The third-order valence-corrected chi connectivity index (χ3v) is 5.66. The molecule has 0 aliphatic rings. The van der Waals surface area contributed by atoms with E-state index in [4.69, 9.17) is 30.2 Å². The van der Waals surface area contributed by atoms with Crippen LogP contribution in [-0.2, 0) is 11.0 Å². The molecule has 0 aliphatic heterocycles. The average Bonchev–Trinajstić information content (AvgIpc) is 2.87. The molecule has 0 amide bonds. The Kier molecular flexibility index (Phi) is 7.73. The van der Waals surface area contributed by atoms with Crippen molar-refractivity contribution in [1.29, 1.82) is 0 Å². The van der Waals surface area contributed by atoms with Gasteiger partial charge >= 0.3 is 12.1 Å². The number of hydrogen-bond donors (Lipinski definition) is 0. The Balaban J connectivity index is 1.56. The normalized spacial score (nSPS) is 11.4. The van der Waals surface area contributed by atoms with Crippen molar-refractivity contribution >= 4 is 28.5 Å². The number of methoxy groups -OCH3 is 1. The van der Waals surface area contributed by atoms with Crippen LogP contribution >= 0.6 is 11.6 Å². The van der Waals surface area contributed by atoms with Crippen LogP contribution in [0.5, 0.6) is 17.2 Å². The second-order valence-electron chi connectivity index (χ2n) is 7.85. The van der Waals surface area contributed by atoms with Crippen molar-refractivity contribution in [1.82, 2.24) is 0 Å². The molecule has 0 atom stereocenters. The zero-order valence-electron chi connectivity index (χ0n) is 19.4. The quantitative estimate of drug-likeness (QED) is 0.139. The molecule has 0 bridgehead atoms. The highest BCUT2D eigenvalue weighted by Gasteiger charge is 2.40. The molecule has 0 radical (unpaired) electrons. The molecule has 0 unspecified atom stereocenters. The highest BCUT2D eigenvalue weighted by atomic mass is 35.5. The van der Waals surface area contributed by atoms with Crippen molar-refractivity contribution in [3.8, 4) is 28.4 Å². The van der Waals surface area contributed by atoms with Gasteiger partial charge in [0, 0.05) is 18.1 Å². The SMILES string of the molecule is COc1ccccc1-c1c(C(F)(F)F)oc2cc(OC(=O)CCCOc3ccccc3Cl)ccc2c1=O. The molecule has 0 spiro atoms. The van der Waals surface area contributed by atoms with Gasteiger partial charge in [-0.25, -0.2) is 0 Å². The van der Waals surface area contributed by atoms with Crippen LogP contribution in [0.25, 0.3) is 22.1 Å². The van der Waals surface area contributed by atoms with E-state index in [2.05, 4.69) is 0 Å². The van der Waals surface area contributed by atoms with Crippen molar-refractivity contribution in [2.45, 2.75) is 19.0 Å². The number of carbonyl (C=O) groups excluding carboxylic acids is 1. The van der Waals surface area contributed by atoms with Gasteiger partial charge in [-0.05, 0) is 36.8 Å². The van der Waals surface area contributed by atoms with Crippen LogP contribution < -0.4 is 19.6 Å². The lowest BCUT2D eigenvalue weighted by Crippen LogP contribution is -2.16. The first-order valence-electron chi connectivity index (χ1n) is 11.1. The maximum Gasteiger partial charge on any atom is 0.450 e. The Morgan fingerprint density at radius 3 is 2.41 bits per heavy atom. The minimum Gasteiger partial charge on any atom is -0.496 e. The summed E-state index contributed by atoms with van der Waals surface area (Å²) in [6, 6.07) is 16.4. The van der Waals surface area contributed by atoms with Crippen molar-refractivity contribution in [2.75, 3.05) is 13.7 Å². The van der Waals surface area contributed by atoms with Crippen LogP contribution in [0, 0.1) is 0 Å². The molecule has 1 aromatic heterocycles. The number of para-hydroxylation sites is 2. The zero-order chi connectivity index (χ0) is 26.6. The molecule has 37 heavy (non-hydrogen) atoms. The summed E-state index contributed by atoms with van der Waals surface area (Å²) in [6.45, 7) is 0.200. The number of fused-ring (bicyclic) bond motifs is 1. The fraction of sp³-hybridized carbons (Fsp3) is 0.185. The second kappa shape index (κ2) is 11.0. The van der Waals surface area contributed by atoms with Gasteiger partial charge in [0.2, 0.25) is 11.2 Å². The summed E-state index contributed by atoms with van der Waals surface area (Å²) in [5.74, 6) is -1.61. The maximum atomic E-state index is 13.9. The number of esters is 1. The van der Waals surface area contributed by atoms with Crippen LogP contribution in [0.4, 0.5) is 13.2 Å². The second-order valence-corrected chi connectivity index (χ2v) is 8.26. The molecule has 6 nitrogen and oxygen atoms in total. The van der Waals surface area contributed by atoms with Gasteiger partial charge in [-0.3, -0.25) is 9.59 Å². The summed E-state index contributed by atoms with van der Waals surface area (Å²) in [5.41, 5.74) is -1.99. The van der Waals surface area contributed by atoms with Crippen molar-refractivity contribution in [3.05, 3.63) is 87.7 Å². The number of halogens is 4. The Labute approximate surface area is 214 Å². The minimum absolute atomic E-state index is 0.0209. The topological polar surface area (TPSA) is 75.0 Å². The fourth-order valence-electron chi connectivity index (χ4n) is 3.68. The molecule has 0 N–H and O–H groups in total. The fourth-order valence-corrected chi connectivity index (χ4v) is 3.87. The first kappa shape index (κ1) is 26.1. The summed E-state index contributed by atoms with van der Waals surface area (Å²) in [4.78, 5) is 25.4. The first-order valence-corrected chi connectivity index (χ1v) is 11.5. The summed E-state index contributed by atoms with van der Waals surface area (Å²) in [6.07, 6.45) is -4.68. The Morgan fingerprint density at radius 1 is 1.00 bits per heavy atom. The summed E-state index contributed by atoms with van der Waals surface area (Å²) in [5, 5.41) is 0.330. The third-order valence-electron chi connectivity index (χ3n) is 5.35. The Hall–Kier alpha value is -3.98. The van der Waals surface area contributed by atoms with E-state index in [0.717, 1.165) is 6.07 Å². The average molecular weight is 533 g/mol. The highest BCUT2D eigenvalue weighted by molar-refractivity contribution is 6.32. The summed E-state index contributed by atoms with van der Waals surface area (Å²) >= 11 is 6.01. The van der Waals surface area contributed by atoms with E-state index in [1.807, 2.05) is 0 Å². The van der Waals surface area contributed by atoms with Gasteiger partial charge in [-0.2, -0.15) is 13.2 Å². The monoisotopic (exact) mass is 532 g/mol. The lowest BCUT2D eigenvalue weighted by atomic mass is 10.0. The van der Waals surface area contributed by atoms with Crippen LogP contribution in [-0.4, -0.2) is 19.7 Å². The summed E-state index contributed by atoms with van der Waals surface area (Å²) < 4.78 is 62.8. The predicted molar refractivity (Wildman–Crippen MR) is 131 cm³/mol. The lowest BCUT2D eigenvalue weighted by molar-refractivity contribution is -0.152. The first-order chi connectivity index (χ1) is 17.7. The number of alkyl halides is 3. The Morgan fingerprint density at radius 2 is 1.70 bits per heavy atom. The van der Waals surface area contributed by atoms with Gasteiger partial charge in [0.1, 0.15) is 22.8 Å². The smallest absolute Gasteiger partial charge is 0.450 e. The number of hydrogen-bond acceptors (Lipinski definition) is 6. The van der Waals surface area contributed by atoms with E-state index in [1.165, 1.54) is 37.4 Å². The van der Waals surface area contributed by atoms with E-state index in [-0.39, 0.29) is 41.1 Å². The number of ether oxygens (including phenoxy) is 3. The van der Waals surface area contributed by atoms with Gasteiger partial charge in [-0.1, -0.05) is 41.9 Å². The van der Waals surface area contributed by atoms with Crippen molar-refractivity contribution < 1.29 is 36.6 Å². The van der Waals surface area contributed by atoms with Gasteiger partial charge in [-0.15, -0.1) is 0 Å². The molecule has 192 valence electrons. The molecule has 0 fully saturated rings.